The first-order valence-electron chi connectivity index (χ1n) is 11.1. The molecule has 2 heterocycles. The quantitative estimate of drug-likeness (QED) is 0.348. The van der Waals surface area contributed by atoms with E-state index in [0.717, 1.165) is 33.7 Å². The second-order valence-electron chi connectivity index (χ2n) is 8.16. The highest BCUT2D eigenvalue weighted by Crippen LogP contribution is 2.38. The molecule has 1 N–H and O–H groups in total. The van der Waals surface area contributed by atoms with Crippen LogP contribution in [-0.2, 0) is 6.54 Å². The van der Waals surface area contributed by atoms with E-state index in [2.05, 4.69) is 10.5 Å². The van der Waals surface area contributed by atoms with Gasteiger partial charge < -0.3 is 19.5 Å². The number of hydrogen-bond acceptors (Lipinski definition) is 5. The number of ether oxygens (including phenoxy) is 1. The molecule has 0 spiro atoms. The van der Waals surface area contributed by atoms with Crippen molar-refractivity contribution in [1.82, 2.24) is 20.4 Å². The summed E-state index contributed by atoms with van der Waals surface area (Å²) >= 11 is 5.76. The SMILES string of the molecule is COc1cccc(C2NC(=S)N(Cc3ccc(F)cc3)C(C)=C2c2nc(-c3ccccc3)no2)c1. The smallest absolute Gasteiger partial charge is 0.258 e. The minimum atomic E-state index is -0.328. The lowest BCUT2D eigenvalue weighted by Gasteiger charge is -2.37. The lowest BCUT2D eigenvalue weighted by atomic mass is 9.94. The van der Waals surface area contributed by atoms with Gasteiger partial charge in [-0.2, -0.15) is 4.98 Å². The van der Waals surface area contributed by atoms with E-state index < -0.39 is 0 Å². The molecule has 1 aromatic heterocycles. The van der Waals surface area contributed by atoms with Gasteiger partial charge in [0.25, 0.3) is 5.89 Å². The Bertz CT molecular complexity index is 1390. The molecule has 0 fully saturated rings. The highest BCUT2D eigenvalue weighted by Gasteiger charge is 2.34. The molecule has 0 radical (unpaired) electrons. The minimum Gasteiger partial charge on any atom is -0.497 e. The number of benzene rings is 3. The van der Waals surface area contributed by atoms with Crippen molar-refractivity contribution in [2.24, 2.45) is 0 Å². The second kappa shape index (κ2) is 9.68. The lowest BCUT2D eigenvalue weighted by molar-refractivity contribution is 0.395. The molecule has 1 atom stereocenters. The van der Waals surface area contributed by atoms with Crippen LogP contribution in [0.4, 0.5) is 4.39 Å². The van der Waals surface area contributed by atoms with E-state index in [1.165, 1.54) is 12.1 Å². The zero-order valence-electron chi connectivity index (χ0n) is 19.2. The van der Waals surface area contributed by atoms with E-state index >= 15 is 0 Å². The zero-order chi connectivity index (χ0) is 24.4. The van der Waals surface area contributed by atoms with Crippen molar-refractivity contribution in [3.63, 3.8) is 0 Å². The molecular weight excluding hydrogens is 463 g/mol. The van der Waals surface area contributed by atoms with Gasteiger partial charge in [-0.15, -0.1) is 0 Å². The van der Waals surface area contributed by atoms with E-state index in [-0.39, 0.29) is 11.9 Å². The van der Waals surface area contributed by atoms with Crippen molar-refractivity contribution in [2.75, 3.05) is 7.11 Å². The van der Waals surface area contributed by atoms with Gasteiger partial charge in [0.1, 0.15) is 11.6 Å². The van der Waals surface area contributed by atoms with Crippen molar-refractivity contribution >= 4 is 22.9 Å². The molecule has 1 unspecified atom stereocenters. The Balaban J connectivity index is 1.60. The van der Waals surface area contributed by atoms with Gasteiger partial charge in [0.2, 0.25) is 5.82 Å². The summed E-state index contributed by atoms with van der Waals surface area (Å²) < 4.78 is 24.7. The number of halogens is 1. The van der Waals surface area contributed by atoms with Crippen LogP contribution in [0.15, 0.2) is 89.1 Å². The van der Waals surface area contributed by atoms with Crippen LogP contribution in [0.25, 0.3) is 17.0 Å². The summed E-state index contributed by atoms with van der Waals surface area (Å²) in [7, 11) is 1.63. The van der Waals surface area contributed by atoms with Gasteiger partial charge in [-0.1, -0.05) is 59.8 Å². The van der Waals surface area contributed by atoms with E-state index in [4.69, 9.17) is 26.5 Å². The maximum absolute atomic E-state index is 13.4. The normalized spacial score (nSPS) is 15.8. The van der Waals surface area contributed by atoms with Gasteiger partial charge in [-0.25, -0.2) is 4.39 Å². The van der Waals surface area contributed by atoms with Crippen LogP contribution in [0, 0.1) is 5.82 Å². The highest BCUT2D eigenvalue weighted by molar-refractivity contribution is 7.80. The fraction of sp³-hybridized carbons (Fsp3) is 0.148. The molecule has 1 aliphatic heterocycles. The first-order valence-corrected chi connectivity index (χ1v) is 11.5. The Morgan fingerprint density at radius 1 is 1.06 bits per heavy atom. The third-order valence-corrected chi connectivity index (χ3v) is 6.30. The van der Waals surface area contributed by atoms with Crippen LogP contribution in [0.5, 0.6) is 5.75 Å². The summed E-state index contributed by atoms with van der Waals surface area (Å²) in [6, 6.07) is 23.5. The van der Waals surface area contributed by atoms with Crippen molar-refractivity contribution < 1.29 is 13.7 Å². The average molecular weight is 487 g/mol. The van der Waals surface area contributed by atoms with Crippen LogP contribution < -0.4 is 10.1 Å². The van der Waals surface area contributed by atoms with Gasteiger partial charge in [-0.05, 0) is 54.5 Å². The zero-order valence-corrected chi connectivity index (χ0v) is 20.1. The molecule has 4 aromatic rings. The van der Waals surface area contributed by atoms with Crippen LogP contribution in [0.2, 0.25) is 0 Å². The average Bonchev–Trinajstić information content (AvgIpc) is 3.37. The highest BCUT2D eigenvalue weighted by atomic mass is 32.1. The van der Waals surface area contributed by atoms with Gasteiger partial charge >= 0.3 is 0 Å². The van der Waals surface area contributed by atoms with Gasteiger partial charge in [0.05, 0.1) is 18.7 Å². The third-order valence-electron chi connectivity index (χ3n) is 5.97. The molecule has 0 aliphatic carbocycles. The van der Waals surface area contributed by atoms with E-state index in [1.807, 2.05) is 66.4 Å². The monoisotopic (exact) mass is 486 g/mol. The van der Waals surface area contributed by atoms with Crippen LogP contribution in [0.3, 0.4) is 0 Å². The number of allylic oxidation sites excluding steroid dienone is 1. The Hall–Kier alpha value is -4.04. The van der Waals surface area contributed by atoms with Gasteiger partial charge in [0.15, 0.2) is 5.11 Å². The molecule has 8 heteroatoms. The summed E-state index contributed by atoms with van der Waals surface area (Å²) in [4.78, 5) is 6.68. The van der Waals surface area contributed by atoms with Gasteiger partial charge in [-0.3, -0.25) is 0 Å². The number of methoxy groups -OCH3 is 1. The Labute approximate surface area is 208 Å². The van der Waals surface area contributed by atoms with Gasteiger partial charge in [0, 0.05) is 17.8 Å². The van der Waals surface area contributed by atoms with Crippen LogP contribution in [-0.4, -0.2) is 27.3 Å². The number of nitrogens with one attached hydrogen (secondary N) is 1. The molecule has 1 aliphatic rings. The van der Waals surface area contributed by atoms with Crippen molar-refractivity contribution in [3.05, 3.63) is 107 Å². The number of aromatic nitrogens is 2. The van der Waals surface area contributed by atoms with Crippen LogP contribution in [0.1, 0.15) is 30.0 Å². The fourth-order valence-electron chi connectivity index (χ4n) is 4.13. The number of hydrogen-bond donors (Lipinski definition) is 1. The Morgan fingerprint density at radius 3 is 2.57 bits per heavy atom. The first-order chi connectivity index (χ1) is 17.0. The molecule has 0 amide bonds. The minimum absolute atomic E-state index is 0.279. The molecule has 6 nitrogen and oxygen atoms in total. The topological polar surface area (TPSA) is 63.4 Å². The summed E-state index contributed by atoms with van der Waals surface area (Å²) in [5.74, 6) is 1.35. The molecule has 3 aromatic carbocycles. The number of thiocarbonyl (C=S) groups is 1. The largest absolute Gasteiger partial charge is 0.497 e. The van der Waals surface area contributed by atoms with Crippen LogP contribution >= 0.6 is 12.2 Å². The van der Waals surface area contributed by atoms with Crippen molar-refractivity contribution in [3.8, 4) is 17.1 Å². The number of nitrogens with zero attached hydrogens (tertiary/aromatic N) is 3. The van der Waals surface area contributed by atoms with E-state index in [0.29, 0.717) is 23.4 Å². The number of rotatable bonds is 6. The predicted octanol–water partition coefficient (Wildman–Crippen LogP) is 5.75. The molecule has 5 rings (SSSR count). The van der Waals surface area contributed by atoms with E-state index in [9.17, 15) is 4.39 Å². The molecule has 0 bridgehead atoms. The molecule has 0 saturated carbocycles. The summed E-state index contributed by atoms with van der Waals surface area (Å²) in [5, 5.41) is 8.21. The third kappa shape index (κ3) is 4.65. The predicted molar refractivity (Wildman–Crippen MR) is 136 cm³/mol. The maximum Gasteiger partial charge on any atom is 0.258 e. The molecule has 0 saturated heterocycles. The Morgan fingerprint density at radius 2 is 1.83 bits per heavy atom. The first kappa shape index (κ1) is 22.7. The lowest BCUT2D eigenvalue weighted by Crippen LogP contribution is -2.45. The van der Waals surface area contributed by atoms with Crippen molar-refractivity contribution in [2.45, 2.75) is 19.5 Å². The fourth-order valence-corrected chi connectivity index (χ4v) is 4.45. The molecule has 35 heavy (non-hydrogen) atoms. The Kier molecular flexibility index (Phi) is 6.29. The summed E-state index contributed by atoms with van der Waals surface area (Å²) in [6.07, 6.45) is 0. The summed E-state index contributed by atoms with van der Waals surface area (Å²) in [6.45, 7) is 2.44. The molecular formula is C27H23FN4O2S. The van der Waals surface area contributed by atoms with E-state index in [1.54, 1.807) is 19.2 Å². The maximum atomic E-state index is 13.4. The second-order valence-corrected chi connectivity index (χ2v) is 8.55. The standard InChI is InChI=1S/C27H23FN4O2S/c1-17-23(26-30-25(31-34-26)19-7-4-3-5-8-19)24(20-9-6-10-22(15-20)33-2)29-27(35)32(17)16-18-11-13-21(28)14-12-18/h3-15,24H,16H2,1-2H3,(H,29,35). The van der Waals surface area contributed by atoms with Crippen molar-refractivity contribution in [1.29, 1.82) is 0 Å². The molecule has 176 valence electrons. The summed E-state index contributed by atoms with van der Waals surface area (Å²) in [5.41, 5.74) is 4.41.